The lowest BCUT2D eigenvalue weighted by molar-refractivity contribution is 1.12. The van der Waals surface area contributed by atoms with Crippen LogP contribution in [-0.2, 0) is 0 Å². The Bertz CT molecular complexity index is 3420. The van der Waals surface area contributed by atoms with Crippen LogP contribution in [0.25, 0.3) is 0 Å². The van der Waals surface area contributed by atoms with Crippen molar-refractivity contribution in [1.82, 2.24) is 9.97 Å². The van der Waals surface area contributed by atoms with Gasteiger partial charge in [0.05, 0.1) is 81.2 Å². The van der Waals surface area contributed by atoms with E-state index < -0.39 is 0 Å². The number of aryl methyl sites for hydroxylation is 1. The highest BCUT2D eigenvalue weighted by atomic mass is 15.3. The summed E-state index contributed by atoms with van der Waals surface area (Å²) in [6, 6.07) is 76.0. The van der Waals surface area contributed by atoms with Gasteiger partial charge < -0.3 is 24.5 Å². The third-order valence-electron chi connectivity index (χ3n) is 13.8. The molecule has 3 aliphatic rings. The van der Waals surface area contributed by atoms with Gasteiger partial charge in [0.1, 0.15) is 0 Å². The zero-order chi connectivity index (χ0) is 45.3. The summed E-state index contributed by atoms with van der Waals surface area (Å²) in [4.78, 5) is 22.2. The first-order valence-electron chi connectivity index (χ1n) is 23.2. The highest BCUT2D eigenvalue weighted by molar-refractivity contribution is 6.98. The molecule has 5 heterocycles. The molecule has 0 fully saturated rings. The van der Waals surface area contributed by atoms with E-state index in [0.29, 0.717) is 0 Å². The molecule has 0 bridgehead atoms. The standard InChI is InChI=1S/C60H44BN7/c1-41-59(68-57-35-19-17-33-55(57)65(44-23-7-4-8-24-44)56-34-18-20-36-58(56)68)40-63-42(2)60(41)61-47-25-9-11-27-49(47)66(50-28-12-10-26-48(50)61)45-37-46(39-62-38-45)67-53-31-15-13-29-51(53)64(43-21-5-3-6-22-43)52-30-14-16-32-54(52)67/h3-40H,1-2H3. The number of aromatic nitrogens is 2. The normalized spacial score (nSPS) is 13.3. The fraction of sp³-hybridized carbons (Fsp3) is 0.0333. The molecule has 0 spiro atoms. The Morgan fingerprint density at radius 2 is 0.632 bits per heavy atom. The summed E-state index contributed by atoms with van der Waals surface area (Å²) in [5, 5.41) is 0. The molecule has 0 unspecified atom stereocenters. The summed E-state index contributed by atoms with van der Waals surface area (Å²) in [5.74, 6) is 0. The Hall–Kier alpha value is -8.88. The predicted octanol–water partition coefficient (Wildman–Crippen LogP) is 13.9. The average Bonchev–Trinajstić information content (AvgIpc) is 3.40. The first kappa shape index (κ1) is 39.5. The molecule has 0 saturated carbocycles. The van der Waals surface area contributed by atoms with Gasteiger partial charge in [-0.3, -0.25) is 9.97 Å². The molecule has 13 rings (SSSR count). The molecule has 8 aromatic carbocycles. The smallest absolute Gasteiger partial charge is 0.249 e. The number of pyridine rings is 2. The zero-order valence-corrected chi connectivity index (χ0v) is 37.6. The van der Waals surface area contributed by atoms with Crippen LogP contribution in [0.3, 0.4) is 0 Å². The summed E-state index contributed by atoms with van der Waals surface area (Å²) >= 11 is 0. The summed E-state index contributed by atoms with van der Waals surface area (Å²) in [5.41, 5.74) is 22.1. The number of para-hydroxylation sites is 12. The van der Waals surface area contributed by atoms with Gasteiger partial charge in [0.25, 0.3) is 0 Å². The average molecular weight is 874 g/mol. The largest absolute Gasteiger partial charge is 0.310 e. The van der Waals surface area contributed by atoms with Gasteiger partial charge >= 0.3 is 0 Å². The summed E-state index contributed by atoms with van der Waals surface area (Å²) in [6.07, 6.45) is 6.05. The van der Waals surface area contributed by atoms with E-state index in [-0.39, 0.29) is 6.71 Å². The maximum absolute atomic E-state index is 5.27. The van der Waals surface area contributed by atoms with Gasteiger partial charge in [-0.05, 0) is 127 Å². The minimum absolute atomic E-state index is 0.0943. The fourth-order valence-corrected chi connectivity index (χ4v) is 10.9. The third-order valence-corrected chi connectivity index (χ3v) is 13.8. The van der Waals surface area contributed by atoms with E-state index in [1.807, 2.05) is 12.4 Å². The quantitative estimate of drug-likeness (QED) is 0.154. The van der Waals surface area contributed by atoms with Crippen molar-refractivity contribution in [3.63, 3.8) is 0 Å². The molecule has 0 amide bonds. The van der Waals surface area contributed by atoms with Crippen molar-refractivity contribution in [2.45, 2.75) is 13.8 Å². The maximum Gasteiger partial charge on any atom is 0.249 e. The molecule has 10 aromatic rings. The minimum Gasteiger partial charge on any atom is -0.310 e. The van der Waals surface area contributed by atoms with Crippen LogP contribution in [-0.4, -0.2) is 16.7 Å². The monoisotopic (exact) mass is 873 g/mol. The number of hydrogen-bond acceptors (Lipinski definition) is 7. The number of hydrogen-bond donors (Lipinski definition) is 0. The van der Waals surface area contributed by atoms with Gasteiger partial charge in [0.2, 0.25) is 6.71 Å². The van der Waals surface area contributed by atoms with Gasteiger partial charge in [-0.2, -0.15) is 0 Å². The van der Waals surface area contributed by atoms with Crippen molar-refractivity contribution < 1.29 is 0 Å². The van der Waals surface area contributed by atoms with Gasteiger partial charge in [-0.15, -0.1) is 0 Å². The van der Waals surface area contributed by atoms with Crippen LogP contribution in [0.15, 0.2) is 231 Å². The second-order valence-electron chi connectivity index (χ2n) is 17.5. The van der Waals surface area contributed by atoms with E-state index in [4.69, 9.17) is 9.97 Å². The molecule has 0 N–H and O–H groups in total. The van der Waals surface area contributed by atoms with Crippen molar-refractivity contribution >= 4 is 108 Å². The van der Waals surface area contributed by atoms with E-state index in [0.717, 1.165) is 91.0 Å². The van der Waals surface area contributed by atoms with Crippen molar-refractivity contribution in [2.75, 3.05) is 24.5 Å². The van der Waals surface area contributed by atoms with Gasteiger partial charge in [0, 0.05) is 28.4 Å². The second-order valence-corrected chi connectivity index (χ2v) is 17.5. The first-order valence-corrected chi connectivity index (χ1v) is 23.2. The molecule has 3 aliphatic heterocycles. The molecule has 0 aliphatic carbocycles. The van der Waals surface area contributed by atoms with E-state index >= 15 is 0 Å². The molecule has 68 heavy (non-hydrogen) atoms. The highest BCUT2D eigenvalue weighted by Crippen LogP contribution is 2.56. The second kappa shape index (κ2) is 15.9. The van der Waals surface area contributed by atoms with Crippen LogP contribution in [0.1, 0.15) is 11.3 Å². The minimum atomic E-state index is -0.0943. The lowest BCUT2D eigenvalue weighted by atomic mass is 9.34. The Kier molecular flexibility index (Phi) is 9.25. The molecule has 2 aromatic heterocycles. The Morgan fingerprint density at radius 1 is 0.309 bits per heavy atom. The van der Waals surface area contributed by atoms with Gasteiger partial charge in [0.15, 0.2) is 0 Å². The fourth-order valence-electron chi connectivity index (χ4n) is 10.9. The van der Waals surface area contributed by atoms with E-state index in [1.54, 1.807) is 0 Å². The Labute approximate surface area is 397 Å². The molecule has 322 valence electrons. The maximum atomic E-state index is 5.27. The number of fused-ring (bicyclic) bond motifs is 6. The van der Waals surface area contributed by atoms with Crippen molar-refractivity contribution in [3.8, 4) is 0 Å². The van der Waals surface area contributed by atoms with Crippen molar-refractivity contribution in [1.29, 1.82) is 0 Å². The molecular weight excluding hydrogens is 830 g/mol. The van der Waals surface area contributed by atoms with Crippen LogP contribution in [0.5, 0.6) is 0 Å². The van der Waals surface area contributed by atoms with Crippen LogP contribution in [0.4, 0.5) is 85.3 Å². The zero-order valence-electron chi connectivity index (χ0n) is 37.6. The van der Waals surface area contributed by atoms with Crippen LogP contribution in [0, 0.1) is 13.8 Å². The number of rotatable bonds is 6. The lowest BCUT2D eigenvalue weighted by Crippen LogP contribution is -2.59. The van der Waals surface area contributed by atoms with E-state index in [2.05, 4.69) is 257 Å². The predicted molar refractivity (Wildman–Crippen MR) is 283 cm³/mol. The SMILES string of the molecule is Cc1ncc(N2c3ccccc3N(c3ccccc3)c3ccccc32)c(C)c1B1c2ccccc2N(c2cncc(N3c4ccccc4N(c4ccccc4)c4ccccc43)c2)c2ccccc21. The van der Waals surface area contributed by atoms with E-state index in [1.165, 1.54) is 22.0 Å². The number of nitrogens with zero attached hydrogens (tertiary/aromatic N) is 7. The van der Waals surface area contributed by atoms with Crippen molar-refractivity contribution in [3.05, 3.63) is 242 Å². The Balaban J connectivity index is 0.946. The molecular formula is C60H44BN7. The third kappa shape index (κ3) is 6.07. The molecule has 8 heteroatoms. The summed E-state index contributed by atoms with van der Waals surface area (Å²) in [6.45, 7) is 4.36. The Morgan fingerprint density at radius 3 is 1.04 bits per heavy atom. The molecule has 0 atom stereocenters. The van der Waals surface area contributed by atoms with Crippen LogP contribution in [0.2, 0.25) is 0 Å². The highest BCUT2D eigenvalue weighted by Gasteiger charge is 2.39. The molecule has 0 saturated heterocycles. The van der Waals surface area contributed by atoms with Gasteiger partial charge in [-0.1, -0.05) is 121 Å². The number of anilines is 15. The lowest BCUT2D eigenvalue weighted by Gasteiger charge is -2.41. The molecule has 7 nitrogen and oxygen atoms in total. The number of benzene rings is 8. The summed E-state index contributed by atoms with van der Waals surface area (Å²) in [7, 11) is 0. The summed E-state index contributed by atoms with van der Waals surface area (Å²) < 4.78 is 0. The van der Waals surface area contributed by atoms with Crippen LogP contribution < -0.4 is 40.9 Å². The molecule has 0 radical (unpaired) electrons. The van der Waals surface area contributed by atoms with Gasteiger partial charge in [-0.25, -0.2) is 0 Å². The van der Waals surface area contributed by atoms with E-state index in [9.17, 15) is 0 Å². The van der Waals surface area contributed by atoms with Crippen molar-refractivity contribution in [2.24, 2.45) is 0 Å². The first-order chi connectivity index (χ1) is 33.6. The topological polar surface area (TPSA) is 42.0 Å². The van der Waals surface area contributed by atoms with Crippen LogP contribution >= 0.6 is 0 Å².